The van der Waals surface area contributed by atoms with Crippen molar-refractivity contribution in [2.45, 2.75) is 26.8 Å². The van der Waals surface area contributed by atoms with Gasteiger partial charge in [0, 0.05) is 12.6 Å². The Kier molecular flexibility index (Phi) is 4.51. The second kappa shape index (κ2) is 5.67. The molecule has 1 atom stereocenters. The third kappa shape index (κ3) is 3.45. The lowest BCUT2D eigenvalue weighted by Gasteiger charge is -2.20. The molecule has 0 saturated heterocycles. The van der Waals surface area contributed by atoms with Gasteiger partial charge in [0.2, 0.25) is 0 Å². The Bertz CT molecular complexity index is 435. The molecule has 0 bridgehead atoms. The number of hydrogen-bond acceptors (Lipinski definition) is 4. The summed E-state index contributed by atoms with van der Waals surface area (Å²) in [4.78, 5) is 25.0. The molecule has 1 heterocycles. The molecule has 1 aromatic heterocycles. The summed E-state index contributed by atoms with van der Waals surface area (Å²) < 4.78 is 4.55. The Morgan fingerprint density at radius 3 is 2.71 bits per heavy atom. The highest BCUT2D eigenvalue weighted by atomic mass is 16.5. The Balaban J connectivity index is 2.61. The van der Waals surface area contributed by atoms with E-state index in [0.29, 0.717) is 5.56 Å². The summed E-state index contributed by atoms with van der Waals surface area (Å²) in [5, 5.41) is 5.14. The van der Waals surface area contributed by atoms with E-state index in [9.17, 15) is 9.59 Å². The van der Waals surface area contributed by atoms with Crippen LogP contribution in [0, 0.1) is 6.92 Å². The van der Waals surface area contributed by atoms with Crippen molar-refractivity contribution in [3.63, 3.8) is 0 Å². The quantitative estimate of drug-likeness (QED) is 0.779. The maximum atomic E-state index is 11.8. The van der Waals surface area contributed by atoms with Gasteiger partial charge in [-0.15, -0.1) is 0 Å². The number of likely N-dealkylation sites (N-methyl/N-ethyl adjacent to an activating group) is 1. The van der Waals surface area contributed by atoms with Crippen LogP contribution in [0.4, 0.5) is 0 Å². The first kappa shape index (κ1) is 13.5. The van der Waals surface area contributed by atoms with Crippen molar-refractivity contribution in [2.75, 3.05) is 20.1 Å². The zero-order chi connectivity index (χ0) is 13.0. The van der Waals surface area contributed by atoms with Crippen LogP contribution in [0.2, 0.25) is 0 Å². The van der Waals surface area contributed by atoms with Crippen molar-refractivity contribution in [3.8, 4) is 0 Å². The van der Waals surface area contributed by atoms with Gasteiger partial charge in [0.25, 0.3) is 5.91 Å². The molecule has 0 fully saturated rings. The minimum Gasteiger partial charge on any atom is -0.347 e. The SMILES string of the molecule is CCN(C)CC(C)NC(=O)c1[nH]oc(=O)c1C. The van der Waals surface area contributed by atoms with E-state index < -0.39 is 5.63 Å². The lowest BCUT2D eigenvalue weighted by atomic mass is 10.2. The van der Waals surface area contributed by atoms with Crippen LogP contribution in [0.3, 0.4) is 0 Å². The van der Waals surface area contributed by atoms with Crippen LogP contribution in [0.5, 0.6) is 0 Å². The summed E-state index contributed by atoms with van der Waals surface area (Å²) >= 11 is 0. The van der Waals surface area contributed by atoms with Crippen LogP contribution in [-0.4, -0.2) is 42.1 Å². The smallest absolute Gasteiger partial charge is 0.347 e. The van der Waals surface area contributed by atoms with Gasteiger partial charge < -0.3 is 14.7 Å². The highest BCUT2D eigenvalue weighted by Crippen LogP contribution is 1.99. The maximum Gasteiger partial charge on any atom is 0.360 e. The van der Waals surface area contributed by atoms with E-state index in [4.69, 9.17) is 0 Å². The van der Waals surface area contributed by atoms with Crippen LogP contribution in [0.15, 0.2) is 9.32 Å². The van der Waals surface area contributed by atoms with Crippen LogP contribution in [-0.2, 0) is 0 Å². The van der Waals surface area contributed by atoms with Gasteiger partial charge in [-0.1, -0.05) is 6.92 Å². The third-order valence-corrected chi connectivity index (χ3v) is 2.66. The van der Waals surface area contributed by atoms with Gasteiger partial charge in [-0.05, 0) is 27.4 Å². The Labute approximate surface area is 99.9 Å². The average Bonchev–Trinajstić information content (AvgIpc) is 2.59. The summed E-state index contributed by atoms with van der Waals surface area (Å²) in [7, 11) is 1.98. The molecule has 1 rings (SSSR count). The maximum absolute atomic E-state index is 11.8. The first-order valence-electron chi connectivity index (χ1n) is 5.63. The average molecular weight is 241 g/mol. The summed E-state index contributed by atoms with van der Waals surface area (Å²) in [5.41, 5.74) is -0.00646. The first-order chi connectivity index (χ1) is 7.95. The lowest BCUT2D eigenvalue weighted by molar-refractivity contribution is 0.0923. The summed E-state index contributed by atoms with van der Waals surface area (Å²) in [6.45, 7) is 7.19. The molecule has 96 valence electrons. The van der Waals surface area contributed by atoms with E-state index in [1.54, 1.807) is 6.92 Å². The molecule has 0 aliphatic heterocycles. The minimum atomic E-state index is -0.506. The molecule has 0 aliphatic rings. The fourth-order valence-electron chi connectivity index (χ4n) is 1.51. The number of aromatic amines is 1. The van der Waals surface area contributed by atoms with Crippen molar-refractivity contribution >= 4 is 5.91 Å². The van der Waals surface area contributed by atoms with Crippen molar-refractivity contribution in [3.05, 3.63) is 21.7 Å². The van der Waals surface area contributed by atoms with E-state index in [1.807, 2.05) is 20.9 Å². The van der Waals surface area contributed by atoms with Gasteiger partial charge in [-0.2, -0.15) is 0 Å². The zero-order valence-corrected chi connectivity index (χ0v) is 10.7. The number of nitrogens with zero attached hydrogens (tertiary/aromatic N) is 1. The summed E-state index contributed by atoms with van der Waals surface area (Å²) in [5.74, 6) is -0.314. The third-order valence-electron chi connectivity index (χ3n) is 2.66. The molecule has 0 aromatic carbocycles. The number of amides is 1. The molecule has 2 N–H and O–H groups in total. The molecular weight excluding hydrogens is 222 g/mol. The second-order valence-corrected chi connectivity index (χ2v) is 4.22. The molecule has 1 aromatic rings. The van der Waals surface area contributed by atoms with E-state index >= 15 is 0 Å². The largest absolute Gasteiger partial charge is 0.360 e. The minimum absolute atomic E-state index is 0.00486. The summed E-state index contributed by atoms with van der Waals surface area (Å²) in [6.07, 6.45) is 0. The first-order valence-corrected chi connectivity index (χ1v) is 5.63. The van der Waals surface area contributed by atoms with Gasteiger partial charge in [-0.25, -0.2) is 9.95 Å². The van der Waals surface area contributed by atoms with Gasteiger partial charge in [-0.3, -0.25) is 4.79 Å². The van der Waals surface area contributed by atoms with Crippen molar-refractivity contribution in [1.82, 2.24) is 15.4 Å². The number of carbonyl (C=O) groups excluding carboxylic acids is 1. The number of rotatable bonds is 5. The van der Waals surface area contributed by atoms with Crippen LogP contribution in [0.25, 0.3) is 0 Å². The lowest BCUT2D eigenvalue weighted by Crippen LogP contribution is -2.41. The van der Waals surface area contributed by atoms with Crippen molar-refractivity contribution in [1.29, 1.82) is 0 Å². The topological polar surface area (TPSA) is 78.3 Å². The molecule has 17 heavy (non-hydrogen) atoms. The Morgan fingerprint density at radius 2 is 2.24 bits per heavy atom. The molecule has 6 nitrogen and oxygen atoms in total. The highest BCUT2D eigenvalue weighted by Gasteiger charge is 2.17. The molecule has 0 radical (unpaired) electrons. The van der Waals surface area contributed by atoms with Gasteiger partial charge >= 0.3 is 5.63 Å². The van der Waals surface area contributed by atoms with Crippen LogP contribution < -0.4 is 10.9 Å². The van der Waals surface area contributed by atoms with E-state index in [1.165, 1.54) is 0 Å². The molecule has 1 amide bonds. The predicted octanol–water partition coefficient (Wildman–Crippen LogP) is 0.346. The molecule has 6 heteroatoms. The predicted molar refractivity (Wildman–Crippen MR) is 64.2 cm³/mol. The Hall–Kier alpha value is -1.56. The van der Waals surface area contributed by atoms with Crippen LogP contribution >= 0.6 is 0 Å². The standard InChI is InChI=1S/C11H19N3O3/c1-5-14(4)6-7(2)12-10(15)9-8(3)11(16)17-13-9/h7,13H,5-6H2,1-4H3,(H,12,15). The molecule has 0 spiro atoms. The van der Waals surface area contributed by atoms with E-state index in [0.717, 1.165) is 13.1 Å². The van der Waals surface area contributed by atoms with Crippen molar-refractivity contribution in [2.24, 2.45) is 0 Å². The zero-order valence-electron chi connectivity index (χ0n) is 10.7. The number of aromatic nitrogens is 1. The van der Waals surface area contributed by atoms with Gasteiger partial charge in [0.1, 0.15) is 5.69 Å². The van der Waals surface area contributed by atoms with E-state index in [-0.39, 0.29) is 17.6 Å². The van der Waals surface area contributed by atoms with Gasteiger partial charge in [0.05, 0.1) is 5.56 Å². The number of H-pyrrole nitrogens is 1. The molecule has 1 unspecified atom stereocenters. The van der Waals surface area contributed by atoms with Gasteiger partial charge in [0.15, 0.2) is 0 Å². The monoisotopic (exact) mass is 241 g/mol. The molecule has 0 aliphatic carbocycles. The van der Waals surface area contributed by atoms with Crippen LogP contribution in [0.1, 0.15) is 29.9 Å². The fourth-order valence-corrected chi connectivity index (χ4v) is 1.51. The normalized spacial score (nSPS) is 12.8. The number of carbonyl (C=O) groups is 1. The second-order valence-electron chi connectivity index (χ2n) is 4.22. The van der Waals surface area contributed by atoms with Crippen molar-refractivity contribution < 1.29 is 9.32 Å². The van der Waals surface area contributed by atoms with E-state index in [2.05, 4.69) is 19.9 Å². The molecule has 0 saturated carbocycles. The number of nitrogens with one attached hydrogen (secondary N) is 2. The number of hydrogen-bond donors (Lipinski definition) is 2. The fraction of sp³-hybridized carbons (Fsp3) is 0.636. The molecular formula is C11H19N3O3. The Morgan fingerprint density at radius 1 is 1.59 bits per heavy atom. The summed E-state index contributed by atoms with van der Waals surface area (Å²) in [6, 6.07) is 0.00486. The highest BCUT2D eigenvalue weighted by molar-refractivity contribution is 5.93.